The molecular formula is C33H41Cl2N5O5. The number of furan rings is 1. The van der Waals surface area contributed by atoms with E-state index in [2.05, 4.69) is 9.88 Å². The maximum Gasteiger partial charge on any atom is 0.261 e. The number of hydrogen-bond donors (Lipinski definition) is 0. The maximum absolute atomic E-state index is 13.4. The third-order valence-corrected chi connectivity index (χ3v) is 8.21. The van der Waals surface area contributed by atoms with Crippen molar-refractivity contribution in [1.29, 1.82) is 0 Å². The van der Waals surface area contributed by atoms with Gasteiger partial charge in [-0.25, -0.2) is 0 Å². The van der Waals surface area contributed by atoms with Crippen molar-refractivity contribution in [2.45, 2.75) is 53.9 Å². The average molecular weight is 659 g/mol. The zero-order valence-corrected chi connectivity index (χ0v) is 28.2. The molecule has 0 bridgehead atoms. The Labute approximate surface area is 275 Å². The van der Waals surface area contributed by atoms with E-state index in [0.717, 1.165) is 22.4 Å². The lowest BCUT2D eigenvalue weighted by molar-refractivity contribution is -0.137. The van der Waals surface area contributed by atoms with Gasteiger partial charge in [-0.05, 0) is 63.1 Å². The van der Waals surface area contributed by atoms with Crippen molar-refractivity contribution in [3.8, 4) is 0 Å². The summed E-state index contributed by atoms with van der Waals surface area (Å²) in [6.45, 7) is 10.2. The molecule has 0 saturated heterocycles. The fourth-order valence-electron chi connectivity index (χ4n) is 5.84. The number of pyridine rings is 2. The first-order valence-corrected chi connectivity index (χ1v) is 14.5. The van der Waals surface area contributed by atoms with Crippen LogP contribution in [0.15, 0.2) is 64.3 Å². The van der Waals surface area contributed by atoms with Crippen molar-refractivity contribution in [2.24, 2.45) is 5.41 Å². The van der Waals surface area contributed by atoms with Crippen LogP contribution in [0.2, 0.25) is 0 Å². The van der Waals surface area contributed by atoms with Crippen LogP contribution in [0.1, 0.15) is 43.2 Å². The highest BCUT2D eigenvalue weighted by atomic mass is 35.5. The molecule has 10 nitrogen and oxygen atoms in total. The van der Waals surface area contributed by atoms with Gasteiger partial charge >= 0.3 is 0 Å². The summed E-state index contributed by atoms with van der Waals surface area (Å²) in [7, 11) is 3.38. The number of nitrogens with zero attached hydrogens (tertiary/aromatic N) is 5. The van der Waals surface area contributed by atoms with Gasteiger partial charge in [0.2, 0.25) is 11.8 Å². The van der Waals surface area contributed by atoms with Crippen LogP contribution in [0.25, 0.3) is 11.0 Å². The Morgan fingerprint density at radius 3 is 2.49 bits per heavy atom. The number of halogens is 2. The van der Waals surface area contributed by atoms with Crippen LogP contribution in [-0.4, -0.2) is 53.5 Å². The molecule has 242 valence electrons. The zero-order chi connectivity index (χ0) is 30.9. The van der Waals surface area contributed by atoms with Crippen LogP contribution in [0.4, 0.5) is 11.4 Å². The molecular weight excluding hydrogens is 617 g/mol. The van der Waals surface area contributed by atoms with Gasteiger partial charge in [0.1, 0.15) is 11.0 Å². The van der Waals surface area contributed by atoms with Gasteiger partial charge in [-0.15, -0.1) is 24.8 Å². The number of benzene rings is 1. The van der Waals surface area contributed by atoms with E-state index in [9.17, 15) is 14.4 Å². The number of methoxy groups -OCH3 is 1. The number of carbonyl (C=O) groups is 2. The average Bonchev–Trinajstić information content (AvgIpc) is 3.49. The van der Waals surface area contributed by atoms with Gasteiger partial charge in [-0.2, -0.15) is 0 Å². The molecule has 1 aliphatic heterocycles. The molecule has 3 aromatic heterocycles. The van der Waals surface area contributed by atoms with Crippen LogP contribution in [0.3, 0.4) is 0 Å². The largest absolute Gasteiger partial charge is 0.464 e. The summed E-state index contributed by atoms with van der Waals surface area (Å²) in [5.74, 6) is -0.454. The molecule has 0 radical (unpaired) electrons. The standard InChI is InChI=1S/C33H39N5O5.2ClH/c1-7-38-27-11-10-23(17-28(27)35(5)31(40)33(3,4)32(38)41)19-36(20-24-9-8-13-34-26(24)21-42-6)14-15-37-18-22(2)29-25(30(37)39)12-16-43-29;;/h8-13,16-18H,7,14-15,19-21H2,1-6H3;2*1H. The Kier molecular flexibility index (Phi) is 11.6. The number of fused-ring (bicyclic) bond motifs is 2. The lowest BCUT2D eigenvalue weighted by atomic mass is 9.90. The second-order valence-electron chi connectivity index (χ2n) is 11.6. The number of ether oxygens (including phenoxy) is 1. The fraction of sp³-hybridized carbons (Fsp3) is 0.394. The van der Waals surface area contributed by atoms with Crippen LogP contribution in [-0.2, 0) is 40.6 Å². The van der Waals surface area contributed by atoms with Gasteiger partial charge in [-0.1, -0.05) is 12.1 Å². The van der Waals surface area contributed by atoms with Crippen molar-refractivity contribution in [3.05, 3.63) is 87.8 Å². The molecule has 1 aliphatic rings. The van der Waals surface area contributed by atoms with Gasteiger partial charge in [0, 0.05) is 64.8 Å². The van der Waals surface area contributed by atoms with E-state index >= 15 is 0 Å². The Bertz CT molecular complexity index is 1730. The molecule has 2 amide bonds. The van der Waals surface area contributed by atoms with E-state index in [-0.39, 0.29) is 42.2 Å². The normalized spacial score (nSPS) is 14.3. The summed E-state index contributed by atoms with van der Waals surface area (Å²) in [6, 6.07) is 11.6. The molecule has 0 N–H and O–H groups in total. The molecule has 12 heteroatoms. The summed E-state index contributed by atoms with van der Waals surface area (Å²) in [6.07, 6.45) is 5.14. The summed E-state index contributed by atoms with van der Waals surface area (Å²) >= 11 is 0. The number of anilines is 2. The summed E-state index contributed by atoms with van der Waals surface area (Å²) in [5.41, 5.74) is 4.53. The zero-order valence-electron chi connectivity index (χ0n) is 26.5. The second kappa shape index (κ2) is 14.6. The first-order valence-electron chi connectivity index (χ1n) is 14.5. The number of rotatable bonds is 10. The third-order valence-electron chi connectivity index (χ3n) is 8.21. The minimum atomic E-state index is -1.17. The van der Waals surface area contributed by atoms with Crippen LogP contribution < -0.4 is 15.4 Å². The lowest BCUT2D eigenvalue weighted by Gasteiger charge is -2.27. The molecule has 4 aromatic rings. The minimum Gasteiger partial charge on any atom is -0.464 e. The van der Waals surface area contributed by atoms with Crippen LogP contribution >= 0.6 is 24.8 Å². The van der Waals surface area contributed by atoms with E-state index in [0.29, 0.717) is 61.7 Å². The molecule has 45 heavy (non-hydrogen) atoms. The van der Waals surface area contributed by atoms with Crippen molar-refractivity contribution in [1.82, 2.24) is 14.5 Å². The molecule has 0 spiro atoms. The second-order valence-corrected chi connectivity index (χ2v) is 11.6. The first-order chi connectivity index (χ1) is 20.6. The predicted molar refractivity (Wildman–Crippen MR) is 180 cm³/mol. The monoisotopic (exact) mass is 657 g/mol. The number of carbonyl (C=O) groups excluding carboxylic acids is 2. The molecule has 0 saturated carbocycles. The highest BCUT2D eigenvalue weighted by Gasteiger charge is 2.45. The number of amides is 2. The Morgan fingerprint density at radius 1 is 1.02 bits per heavy atom. The van der Waals surface area contributed by atoms with Crippen molar-refractivity contribution in [3.63, 3.8) is 0 Å². The highest BCUT2D eigenvalue weighted by Crippen LogP contribution is 2.39. The smallest absolute Gasteiger partial charge is 0.261 e. The maximum atomic E-state index is 13.4. The van der Waals surface area contributed by atoms with E-state index < -0.39 is 5.41 Å². The third kappa shape index (κ3) is 6.94. The van der Waals surface area contributed by atoms with Crippen molar-refractivity contribution in [2.75, 3.05) is 37.0 Å². The Morgan fingerprint density at radius 2 is 1.78 bits per heavy atom. The quantitative estimate of drug-likeness (QED) is 0.212. The molecule has 5 rings (SSSR count). The van der Waals surface area contributed by atoms with E-state index in [1.807, 2.05) is 50.4 Å². The molecule has 1 aromatic carbocycles. The van der Waals surface area contributed by atoms with Gasteiger partial charge < -0.3 is 23.5 Å². The lowest BCUT2D eigenvalue weighted by Crippen LogP contribution is -2.47. The number of aromatic nitrogens is 2. The molecule has 0 unspecified atom stereocenters. The van der Waals surface area contributed by atoms with Crippen molar-refractivity contribution >= 4 is 59.0 Å². The molecule has 0 atom stereocenters. The van der Waals surface area contributed by atoms with Gasteiger partial charge in [0.05, 0.1) is 35.3 Å². The van der Waals surface area contributed by atoms with Gasteiger partial charge in [0.25, 0.3) is 5.56 Å². The predicted octanol–water partition coefficient (Wildman–Crippen LogP) is 5.35. The Balaban J connectivity index is 0.00000276. The van der Waals surface area contributed by atoms with Crippen LogP contribution in [0, 0.1) is 12.3 Å². The number of hydrogen-bond acceptors (Lipinski definition) is 7. The van der Waals surface area contributed by atoms with E-state index in [1.54, 1.807) is 60.9 Å². The van der Waals surface area contributed by atoms with Crippen LogP contribution in [0.5, 0.6) is 0 Å². The summed E-state index contributed by atoms with van der Waals surface area (Å²) in [5, 5.41) is 0.567. The van der Waals surface area contributed by atoms with Crippen molar-refractivity contribution < 1.29 is 18.7 Å². The first kappa shape index (κ1) is 35.8. The summed E-state index contributed by atoms with van der Waals surface area (Å²) < 4.78 is 12.6. The molecule has 4 heterocycles. The van der Waals surface area contributed by atoms with Gasteiger partial charge in [0.15, 0.2) is 0 Å². The van der Waals surface area contributed by atoms with E-state index in [1.165, 1.54) is 0 Å². The SMILES string of the molecule is CCN1C(=O)C(C)(C)C(=O)N(C)c2cc(CN(CCn3cc(C)c4occc4c3=O)Cc3cccnc3COC)ccc21.Cl.Cl. The number of aryl methyl sites for hydroxylation is 1. The summed E-state index contributed by atoms with van der Waals surface area (Å²) in [4.78, 5) is 50.0. The molecule has 0 aliphatic carbocycles. The highest BCUT2D eigenvalue weighted by molar-refractivity contribution is 6.19. The van der Waals surface area contributed by atoms with E-state index in [4.69, 9.17) is 9.15 Å². The van der Waals surface area contributed by atoms with Gasteiger partial charge in [-0.3, -0.25) is 24.3 Å². The Hall–Kier alpha value is -3.70. The molecule has 0 fully saturated rings. The fourth-order valence-corrected chi connectivity index (χ4v) is 5.84. The minimum absolute atomic E-state index is 0. The topological polar surface area (TPSA) is 101 Å².